The van der Waals surface area contributed by atoms with Crippen molar-refractivity contribution in [3.63, 3.8) is 0 Å². The van der Waals surface area contributed by atoms with Crippen molar-refractivity contribution in [1.29, 1.82) is 0 Å². The average Bonchev–Trinajstić information content (AvgIpc) is 3.51. The summed E-state index contributed by atoms with van der Waals surface area (Å²) in [6.07, 6.45) is 5.94. The number of nitrogens with zero attached hydrogens (tertiary/aromatic N) is 3. The van der Waals surface area contributed by atoms with Crippen molar-refractivity contribution in [1.82, 2.24) is 25.1 Å². The van der Waals surface area contributed by atoms with E-state index in [4.69, 9.17) is 9.47 Å². The van der Waals surface area contributed by atoms with Crippen LogP contribution in [0.3, 0.4) is 0 Å². The Morgan fingerprint density at radius 2 is 1.62 bits per heavy atom. The maximum absolute atomic E-state index is 14.0. The zero-order chi connectivity index (χ0) is 36.5. The lowest BCUT2D eigenvalue weighted by Gasteiger charge is -2.33. The third-order valence-electron chi connectivity index (χ3n) is 8.72. The number of anilines is 1. The van der Waals surface area contributed by atoms with Gasteiger partial charge in [-0.3, -0.25) is 14.4 Å². The smallest absolute Gasteiger partial charge is 0.408 e. The summed E-state index contributed by atoms with van der Waals surface area (Å²) < 4.78 is 12.4. The number of benzene rings is 2. The van der Waals surface area contributed by atoms with Gasteiger partial charge in [-0.05, 0) is 95.9 Å². The molecular formula is C38H52N6O6. The Morgan fingerprint density at radius 3 is 2.24 bits per heavy atom. The van der Waals surface area contributed by atoms with E-state index in [2.05, 4.69) is 27.9 Å². The molecule has 0 aliphatic carbocycles. The molecule has 2 heterocycles. The van der Waals surface area contributed by atoms with E-state index < -0.39 is 41.1 Å². The Bertz CT molecular complexity index is 1590. The number of likely N-dealkylation sites (tertiary alicyclic amines) is 1. The number of hydrogen-bond donors (Lipinski definition) is 3. The Morgan fingerprint density at radius 1 is 0.960 bits per heavy atom. The summed E-state index contributed by atoms with van der Waals surface area (Å²) in [5.41, 5.74) is -0.250. The minimum atomic E-state index is -1.37. The van der Waals surface area contributed by atoms with Crippen molar-refractivity contribution in [2.45, 2.75) is 96.9 Å². The second-order valence-corrected chi connectivity index (χ2v) is 14.5. The minimum absolute atomic E-state index is 0.0527. The molecule has 50 heavy (non-hydrogen) atoms. The molecule has 3 N–H and O–H groups in total. The number of aryl methyl sites for hydroxylation is 1. The molecule has 270 valence electrons. The summed E-state index contributed by atoms with van der Waals surface area (Å²) in [6.45, 7) is 11.8. The van der Waals surface area contributed by atoms with Crippen molar-refractivity contribution in [2.24, 2.45) is 5.92 Å². The van der Waals surface area contributed by atoms with Crippen LogP contribution in [0.1, 0.15) is 84.4 Å². The Kier molecular flexibility index (Phi) is 12.7. The number of amides is 4. The van der Waals surface area contributed by atoms with Crippen molar-refractivity contribution in [3.8, 4) is 5.75 Å². The van der Waals surface area contributed by atoms with Gasteiger partial charge in [0.25, 0.3) is 0 Å². The fourth-order valence-electron chi connectivity index (χ4n) is 5.76. The second kappa shape index (κ2) is 16.7. The van der Waals surface area contributed by atoms with Gasteiger partial charge in [-0.15, -0.1) is 0 Å². The van der Waals surface area contributed by atoms with Crippen molar-refractivity contribution < 1.29 is 28.7 Å². The van der Waals surface area contributed by atoms with Crippen LogP contribution < -0.4 is 20.7 Å². The lowest BCUT2D eigenvalue weighted by atomic mass is 9.97. The van der Waals surface area contributed by atoms with Gasteiger partial charge in [0.05, 0.1) is 13.4 Å². The van der Waals surface area contributed by atoms with Crippen LogP contribution in [0.2, 0.25) is 0 Å². The quantitative estimate of drug-likeness (QED) is 0.216. The molecule has 4 rings (SSSR count). The first-order valence-electron chi connectivity index (χ1n) is 17.3. The van der Waals surface area contributed by atoms with Crippen LogP contribution in [0.5, 0.6) is 5.75 Å². The van der Waals surface area contributed by atoms with Crippen molar-refractivity contribution in [3.05, 3.63) is 78.2 Å². The van der Waals surface area contributed by atoms with Crippen LogP contribution in [-0.2, 0) is 25.5 Å². The average molecular weight is 689 g/mol. The highest BCUT2D eigenvalue weighted by atomic mass is 16.6. The van der Waals surface area contributed by atoms with E-state index in [1.807, 2.05) is 59.5 Å². The van der Waals surface area contributed by atoms with Gasteiger partial charge in [0.1, 0.15) is 29.0 Å². The number of carbonyl (C=O) groups is 4. The monoisotopic (exact) mass is 688 g/mol. The molecule has 4 amide bonds. The van der Waals surface area contributed by atoms with Crippen LogP contribution in [-0.4, -0.2) is 75.6 Å². The number of nitrogens with one attached hydrogen (secondary N) is 3. The van der Waals surface area contributed by atoms with E-state index in [1.165, 1.54) is 6.33 Å². The van der Waals surface area contributed by atoms with Crippen molar-refractivity contribution in [2.75, 3.05) is 25.5 Å². The molecule has 1 fully saturated rings. The number of hydrogen-bond acceptors (Lipinski definition) is 7. The molecule has 0 bridgehead atoms. The van der Waals surface area contributed by atoms with Gasteiger partial charge >= 0.3 is 6.09 Å². The van der Waals surface area contributed by atoms with Crippen LogP contribution >= 0.6 is 0 Å². The van der Waals surface area contributed by atoms with Crippen LogP contribution in [0.4, 0.5) is 10.6 Å². The van der Waals surface area contributed by atoms with Gasteiger partial charge in [0.15, 0.2) is 5.82 Å². The molecule has 0 radical (unpaired) electrons. The summed E-state index contributed by atoms with van der Waals surface area (Å²) in [4.78, 5) is 60.0. The Balaban J connectivity index is 1.53. The molecule has 3 aromatic rings. The van der Waals surface area contributed by atoms with Gasteiger partial charge in [0, 0.05) is 19.3 Å². The SMILES string of the molecule is COc1ccc(C(C(=O)N2CCC(C)CC2)n2cnc(NC(=O)[C@@H](CCCc3ccccc3)NC(=O)C(C)(C)NC(=O)OC(C)(C)C)c2)cc1. The van der Waals surface area contributed by atoms with Gasteiger partial charge < -0.3 is 34.9 Å². The number of aromatic nitrogens is 2. The minimum Gasteiger partial charge on any atom is -0.497 e. The van der Waals surface area contributed by atoms with E-state index in [-0.39, 0.29) is 11.7 Å². The first-order chi connectivity index (χ1) is 23.6. The summed E-state index contributed by atoms with van der Waals surface area (Å²) in [5, 5.41) is 8.28. The fraction of sp³-hybridized carbons (Fsp3) is 0.500. The number of piperidine rings is 1. The lowest BCUT2D eigenvalue weighted by molar-refractivity contribution is -0.135. The predicted molar refractivity (Wildman–Crippen MR) is 192 cm³/mol. The van der Waals surface area contributed by atoms with Gasteiger partial charge in [0.2, 0.25) is 17.7 Å². The predicted octanol–water partition coefficient (Wildman–Crippen LogP) is 5.49. The standard InChI is InChI=1S/C38H52N6O6/c1-26-20-22-43(23-21-26)34(46)32(28-16-18-29(49-7)19-17-28)44-24-31(39-25-44)41-33(45)30(15-11-14-27-12-9-8-10-13-27)40-35(47)38(5,6)42-36(48)50-37(2,3)4/h8-10,12-13,16-19,24-26,30,32H,11,14-15,20-23H2,1-7H3,(H,40,47)(H,41,45)(H,42,48)/t30-,32?/m1/s1. The van der Waals surface area contributed by atoms with Crippen LogP contribution in [0.25, 0.3) is 0 Å². The number of ether oxygens (including phenoxy) is 2. The van der Waals surface area contributed by atoms with E-state index in [9.17, 15) is 19.2 Å². The molecule has 2 atom stereocenters. The molecular weight excluding hydrogens is 636 g/mol. The summed E-state index contributed by atoms with van der Waals surface area (Å²) in [5.74, 6) is 0.408. The van der Waals surface area contributed by atoms with E-state index >= 15 is 0 Å². The first kappa shape index (κ1) is 37.9. The molecule has 1 saturated heterocycles. The van der Waals surface area contributed by atoms with Gasteiger partial charge in [-0.25, -0.2) is 9.78 Å². The lowest BCUT2D eigenvalue weighted by Crippen LogP contribution is -2.58. The zero-order valence-corrected chi connectivity index (χ0v) is 30.3. The van der Waals surface area contributed by atoms with E-state index in [1.54, 1.807) is 52.5 Å². The topological polar surface area (TPSA) is 144 Å². The van der Waals surface area contributed by atoms with E-state index in [0.29, 0.717) is 44.0 Å². The van der Waals surface area contributed by atoms with Crippen LogP contribution in [0.15, 0.2) is 67.1 Å². The van der Waals surface area contributed by atoms with Crippen LogP contribution in [0, 0.1) is 5.92 Å². The summed E-state index contributed by atoms with van der Waals surface area (Å²) in [7, 11) is 1.59. The van der Waals surface area contributed by atoms with Gasteiger partial charge in [-0.1, -0.05) is 49.4 Å². The third kappa shape index (κ3) is 10.8. The molecule has 12 heteroatoms. The fourth-order valence-corrected chi connectivity index (χ4v) is 5.76. The number of carbonyl (C=O) groups excluding carboxylic acids is 4. The summed E-state index contributed by atoms with van der Waals surface area (Å²) >= 11 is 0. The maximum Gasteiger partial charge on any atom is 0.408 e. The molecule has 1 aliphatic heterocycles. The molecule has 1 aromatic heterocycles. The van der Waals surface area contributed by atoms with Gasteiger partial charge in [-0.2, -0.15) is 0 Å². The Labute approximate surface area is 295 Å². The third-order valence-corrected chi connectivity index (χ3v) is 8.72. The highest BCUT2D eigenvalue weighted by molar-refractivity contribution is 5.98. The zero-order valence-electron chi connectivity index (χ0n) is 30.3. The highest BCUT2D eigenvalue weighted by Crippen LogP contribution is 2.27. The largest absolute Gasteiger partial charge is 0.497 e. The first-order valence-corrected chi connectivity index (χ1v) is 17.3. The molecule has 1 unspecified atom stereocenters. The molecule has 12 nitrogen and oxygen atoms in total. The molecule has 0 spiro atoms. The normalized spacial score (nSPS) is 15.1. The number of imidazole rings is 1. The number of methoxy groups -OCH3 is 1. The second-order valence-electron chi connectivity index (χ2n) is 14.5. The van der Waals surface area contributed by atoms with E-state index in [0.717, 1.165) is 24.0 Å². The molecule has 1 aliphatic rings. The number of rotatable bonds is 13. The summed E-state index contributed by atoms with van der Waals surface area (Å²) in [6, 6.07) is 15.6. The Hall–Kier alpha value is -4.87. The highest BCUT2D eigenvalue weighted by Gasteiger charge is 2.35. The number of alkyl carbamates (subject to hydrolysis) is 1. The molecule has 0 saturated carbocycles. The van der Waals surface area contributed by atoms with Crippen molar-refractivity contribution >= 4 is 29.6 Å². The maximum atomic E-state index is 14.0. The molecule has 2 aromatic carbocycles.